The lowest BCUT2D eigenvalue weighted by Crippen LogP contribution is -2.62. The quantitative estimate of drug-likeness (QED) is 0.105. The van der Waals surface area contributed by atoms with E-state index in [1.165, 1.54) is 0 Å². The van der Waals surface area contributed by atoms with Crippen LogP contribution >= 0.6 is 11.8 Å². The number of H-pyrrole nitrogens is 1. The van der Waals surface area contributed by atoms with Gasteiger partial charge in [0.05, 0.1) is 17.0 Å². The first-order chi connectivity index (χ1) is 24.7. The number of fused-ring (bicyclic) bond motifs is 3. The summed E-state index contributed by atoms with van der Waals surface area (Å²) < 4.78 is 31.0. The molecule has 272 valence electrons. The minimum Gasteiger partial charge on any atom is -0.361 e. The van der Waals surface area contributed by atoms with Crippen LogP contribution in [0.3, 0.4) is 0 Å². The number of carbonyl (C=O) groups excluding carboxylic acids is 3. The summed E-state index contributed by atoms with van der Waals surface area (Å²) in [6.07, 6.45) is 5.29. The number of benzene rings is 3. The number of nitrogens with one attached hydrogen (secondary N) is 4. The third-order valence-corrected chi connectivity index (χ3v) is 10.7. The number of halogens is 2. The Hall–Kier alpha value is -4.14. The van der Waals surface area contributed by atoms with E-state index in [2.05, 4.69) is 20.9 Å². The fraction of sp³-hybridized carbons (Fsp3) is 0.395. The van der Waals surface area contributed by atoms with Crippen LogP contribution in [0, 0.1) is 11.6 Å². The second kappa shape index (κ2) is 17.9. The van der Waals surface area contributed by atoms with Crippen molar-refractivity contribution in [1.29, 1.82) is 0 Å². The number of para-hydroxylation sites is 1. The van der Waals surface area contributed by atoms with Gasteiger partial charge in [0.25, 0.3) is 0 Å². The number of aromatic amines is 1. The van der Waals surface area contributed by atoms with Crippen LogP contribution in [0.15, 0.2) is 76.7 Å². The van der Waals surface area contributed by atoms with Gasteiger partial charge in [-0.25, -0.2) is 8.78 Å². The van der Waals surface area contributed by atoms with Crippen LogP contribution in [0.4, 0.5) is 8.78 Å². The van der Waals surface area contributed by atoms with Gasteiger partial charge >= 0.3 is 0 Å². The van der Waals surface area contributed by atoms with Crippen molar-refractivity contribution in [3.05, 3.63) is 95.2 Å². The summed E-state index contributed by atoms with van der Waals surface area (Å²) in [7, 11) is 1.73. The van der Waals surface area contributed by atoms with E-state index in [9.17, 15) is 14.4 Å². The minimum absolute atomic E-state index is 0.00905. The predicted octanol–water partition coefficient (Wildman–Crippen LogP) is 4.15. The molecule has 1 aliphatic rings. The molecule has 0 bridgehead atoms. The fourth-order valence-electron chi connectivity index (χ4n) is 6.62. The maximum absolute atomic E-state index is 15.5. The molecule has 1 aliphatic heterocycles. The monoisotopic (exact) mass is 719 g/mol. The first-order valence-electron chi connectivity index (χ1n) is 17.4. The third kappa shape index (κ3) is 9.40. The van der Waals surface area contributed by atoms with Crippen LogP contribution in [-0.4, -0.2) is 72.3 Å². The number of nitrogens with zero attached hydrogens (tertiary/aromatic N) is 1. The van der Waals surface area contributed by atoms with E-state index >= 15 is 8.78 Å². The van der Waals surface area contributed by atoms with E-state index in [-0.39, 0.29) is 42.4 Å². The average Bonchev–Trinajstić information content (AvgIpc) is 3.54. The number of likely N-dealkylation sites (N-methyl/N-ethyl adjacent to an activating group) is 1. The van der Waals surface area contributed by atoms with E-state index in [1.54, 1.807) is 24.1 Å². The highest BCUT2D eigenvalue weighted by Gasteiger charge is 2.38. The van der Waals surface area contributed by atoms with Crippen LogP contribution in [0.25, 0.3) is 10.9 Å². The number of amides is 2. The lowest BCUT2D eigenvalue weighted by molar-refractivity contribution is -0.131. The summed E-state index contributed by atoms with van der Waals surface area (Å²) in [6.45, 7) is 0.762. The minimum atomic E-state index is -1.36. The summed E-state index contributed by atoms with van der Waals surface area (Å²) in [5.74, 6) is -2.08. The molecule has 51 heavy (non-hydrogen) atoms. The van der Waals surface area contributed by atoms with Gasteiger partial charge < -0.3 is 37.2 Å². The Balaban J connectivity index is 1.60. The Morgan fingerprint density at radius 2 is 1.69 bits per heavy atom. The number of hydrogen-bond acceptors (Lipinski definition) is 8. The number of rotatable bonds is 10. The number of carbonyl (C=O) groups is 3. The molecule has 0 saturated carbocycles. The molecule has 3 atom stereocenters. The third-order valence-electron chi connectivity index (χ3n) is 9.46. The maximum Gasteiger partial charge on any atom is 0.237 e. The lowest BCUT2D eigenvalue weighted by Gasteiger charge is -2.37. The largest absolute Gasteiger partial charge is 0.361 e. The van der Waals surface area contributed by atoms with E-state index < -0.39 is 35.2 Å². The Morgan fingerprint density at radius 1 is 0.941 bits per heavy atom. The Kier molecular flexibility index (Phi) is 13.4. The molecule has 1 aromatic heterocycles. The molecule has 4 aromatic rings. The first kappa shape index (κ1) is 38.1. The van der Waals surface area contributed by atoms with Gasteiger partial charge in [-0.2, -0.15) is 0 Å². The molecule has 2 heterocycles. The van der Waals surface area contributed by atoms with Crippen molar-refractivity contribution in [2.75, 3.05) is 26.7 Å². The molecule has 0 radical (unpaired) electrons. The summed E-state index contributed by atoms with van der Waals surface area (Å²) in [4.78, 5) is 47.2. The molecule has 0 fully saturated rings. The molecule has 3 aromatic carbocycles. The Labute approximate surface area is 301 Å². The molecule has 0 saturated heterocycles. The zero-order valence-electron chi connectivity index (χ0n) is 28.9. The van der Waals surface area contributed by atoms with E-state index in [1.807, 2.05) is 42.6 Å². The highest BCUT2D eigenvalue weighted by molar-refractivity contribution is 7.99. The molecular formula is C38H47F2N7O3S. The Bertz CT molecular complexity index is 1820. The lowest BCUT2D eigenvalue weighted by atomic mass is 9.91. The van der Waals surface area contributed by atoms with Crippen molar-refractivity contribution >= 4 is 40.8 Å². The summed E-state index contributed by atoms with van der Waals surface area (Å²) in [5, 5.41) is 10.2. The highest BCUT2D eigenvalue weighted by Crippen LogP contribution is 2.36. The number of nitrogens with two attached hydrogens (primary N) is 2. The van der Waals surface area contributed by atoms with Crippen molar-refractivity contribution < 1.29 is 23.2 Å². The summed E-state index contributed by atoms with van der Waals surface area (Å²) in [6, 6.07) is 15.6. The molecule has 2 amide bonds. The maximum atomic E-state index is 15.5. The summed E-state index contributed by atoms with van der Waals surface area (Å²) >= 11 is 1.07. The van der Waals surface area contributed by atoms with Gasteiger partial charge in [0.1, 0.15) is 23.5 Å². The number of aldehydes is 1. The average molecular weight is 720 g/mol. The molecule has 8 N–H and O–H groups in total. The van der Waals surface area contributed by atoms with E-state index in [0.29, 0.717) is 50.1 Å². The highest BCUT2D eigenvalue weighted by atomic mass is 32.2. The molecule has 0 aliphatic carbocycles. The zero-order valence-corrected chi connectivity index (χ0v) is 29.7. The number of aromatic nitrogens is 1. The Morgan fingerprint density at radius 3 is 2.47 bits per heavy atom. The van der Waals surface area contributed by atoms with E-state index in [0.717, 1.165) is 52.2 Å². The second-order valence-electron chi connectivity index (χ2n) is 13.1. The first-order valence-corrected chi connectivity index (χ1v) is 18.2. The van der Waals surface area contributed by atoms with Crippen LogP contribution in [0.5, 0.6) is 0 Å². The van der Waals surface area contributed by atoms with Gasteiger partial charge in [0.15, 0.2) is 0 Å². The van der Waals surface area contributed by atoms with Gasteiger partial charge in [0, 0.05) is 47.2 Å². The smallest absolute Gasteiger partial charge is 0.237 e. The summed E-state index contributed by atoms with van der Waals surface area (Å²) in [5.41, 5.74) is 12.9. The van der Waals surface area contributed by atoms with Crippen molar-refractivity contribution in [3.63, 3.8) is 0 Å². The van der Waals surface area contributed by atoms with Crippen molar-refractivity contribution in [3.8, 4) is 0 Å². The van der Waals surface area contributed by atoms with Crippen molar-refractivity contribution in [2.24, 2.45) is 11.5 Å². The van der Waals surface area contributed by atoms with Gasteiger partial charge in [-0.05, 0) is 94.1 Å². The van der Waals surface area contributed by atoms with Gasteiger partial charge in [-0.3, -0.25) is 14.5 Å². The van der Waals surface area contributed by atoms with E-state index in [4.69, 9.17) is 11.5 Å². The van der Waals surface area contributed by atoms with Crippen LogP contribution < -0.4 is 27.4 Å². The topological polar surface area (TPSA) is 158 Å². The number of hydrogen-bond donors (Lipinski definition) is 6. The molecule has 5 rings (SSSR count). The van der Waals surface area contributed by atoms with Crippen molar-refractivity contribution in [1.82, 2.24) is 25.8 Å². The van der Waals surface area contributed by atoms with Crippen LogP contribution in [0.1, 0.15) is 48.8 Å². The number of unbranched alkanes of at least 4 members (excludes halogenated alkanes) is 1. The zero-order chi connectivity index (χ0) is 36.4. The molecule has 10 nitrogen and oxygen atoms in total. The van der Waals surface area contributed by atoms with Gasteiger partial charge in [-0.15, -0.1) is 0 Å². The van der Waals surface area contributed by atoms with Crippen LogP contribution in [-0.2, 0) is 33.9 Å². The molecule has 0 spiro atoms. The molecular weight excluding hydrogens is 673 g/mol. The fourth-order valence-corrected chi connectivity index (χ4v) is 7.72. The van der Waals surface area contributed by atoms with Gasteiger partial charge in [-0.1, -0.05) is 48.2 Å². The second-order valence-corrected chi connectivity index (χ2v) is 14.2. The van der Waals surface area contributed by atoms with Crippen molar-refractivity contribution in [2.45, 2.75) is 79.0 Å². The normalized spacial score (nSPS) is 21.0. The molecule has 0 unspecified atom stereocenters. The predicted molar refractivity (Wildman–Crippen MR) is 196 cm³/mol. The van der Waals surface area contributed by atoms with Gasteiger partial charge in [0.2, 0.25) is 11.8 Å². The SMILES string of the molecule is CN1C[C@@](C=O)(CCCCN)NC(=O)[C@H](CCCN)NCc2ccccc2Sc2c(F)ccc(F)c2CNC(=O)[C@@H]1Cc1c[nH]c2ccccc12. The van der Waals surface area contributed by atoms with Crippen LogP contribution in [0.2, 0.25) is 0 Å². The standard InChI is InChI=1S/C38H47F2N7O3S/c1-47-23-38(24-48,16-6-7-17-41)46-36(49)32(12-8-18-42)44-20-25-9-2-5-13-34(25)51-35-28(29(39)14-15-30(35)40)22-45-37(50)33(47)19-26-21-43-31-11-4-3-10-27(26)31/h2-5,9-11,13-15,21,24,32-33,43-44H,6-8,12,16-20,22-23,41-42H2,1H3,(H,45,50)(H,46,49)/t32-,33-,38+/m0/s1. The molecule has 13 heteroatoms.